The van der Waals surface area contributed by atoms with Crippen molar-refractivity contribution in [3.63, 3.8) is 0 Å². The molecule has 0 heterocycles. The zero-order valence-electron chi connectivity index (χ0n) is 10.2. The molecular weight excluding hydrogens is 205 g/mol. The fraction of sp³-hybridized carbons (Fsp3) is 0.538. The SMILES string of the molecule is CCCNC(C)c1c(F)cccc1OCC. The normalized spacial score (nSPS) is 12.5. The first kappa shape index (κ1) is 13.0. The van der Waals surface area contributed by atoms with Crippen LogP contribution in [0.5, 0.6) is 5.75 Å². The highest BCUT2D eigenvalue weighted by molar-refractivity contribution is 5.36. The Bertz CT molecular complexity index is 328. The van der Waals surface area contributed by atoms with Crippen LogP contribution in [0.1, 0.15) is 38.8 Å². The van der Waals surface area contributed by atoms with Crippen molar-refractivity contribution in [2.24, 2.45) is 0 Å². The quantitative estimate of drug-likeness (QED) is 0.802. The zero-order valence-corrected chi connectivity index (χ0v) is 10.2. The maximum atomic E-state index is 13.7. The van der Waals surface area contributed by atoms with E-state index >= 15 is 0 Å². The maximum Gasteiger partial charge on any atom is 0.131 e. The number of ether oxygens (including phenoxy) is 1. The summed E-state index contributed by atoms with van der Waals surface area (Å²) in [5.41, 5.74) is 0.623. The van der Waals surface area contributed by atoms with Crippen LogP contribution in [-0.4, -0.2) is 13.2 Å². The van der Waals surface area contributed by atoms with E-state index in [2.05, 4.69) is 12.2 Å². The van der Waals surface area contributed by atoms with Gasteiger partial charge in [0.05, 0.1) is 6.61 Å². The minimum Gasteiger partial charge on any atom is -0.493 e. The van der Waals surface area contributed by atoms with Crippen molar-refractivity contribution in [3.8, 4) is 5.75 Å². The number of rotatable bonds is 6. The molecule has 1 aromatic carbocycles. The molecule has 0 aromatic heterocycles. The predicted octanol–water partition coefficient (Wildman–Crippen LogP) is 3.29. The topological polar surface area (TPSA) is 21.3 Å². The molecule has 0 saturated carbocycles. The molecule has 0 aliphatic carbocycles. The molecule has 0 amide bonds. The molecule has 0 saturated heterocycles. The molecule has 0 aliphatic heterocycles. The Kier molecular flexibility index (Phi) is 5.26. The van der Waals surface area contributed by atoms with E-state index in [9.17, 15) is 4.39 Å². The molecule has 1 unspecified atom stereocenters. The van der Waals surface area contributed by atoms with E-state index in [1.165, 1.54) is 6.07 Å². The maximum absolute atomic E-state index is 13.7. The minimum atomic E-state index is -0.206. The first-order valence-electron chi connectivity index (χ1n) is 5.85. The van der Waals surface area contributed by atoms with Crippen molar-refractivity contribution >= 4 is 0 Å². The lowest BCUT2D eigenvalue weighted by atomic mass is 10.1. The lowest BCUT2D eigenvalue weighted by molar-refractivity contribution is 0.328. The van der Waals surface area contributed by atoms with Crippen LogP contribution in [0.3, 0.4) is 0 Å². The van der Waals surface area contributed by atoms with E-state index in [1.807, 2.05) is 19.9 Å². The van der Waals surface area contributed by atoms with Gasteiger partial charge in [-0.05, 0) is 38.9 Å². The molecule has 0 bridgehead atoms. The van der Waals surface area contributed by atoms with Crippen LogP contribution >= 0.6 is 0 Å². The van der Waals surface area contributed by atoms with Gasteiger partial charge in [-0.2, -0.15) is 0 Å². The summed E-state index contributed by atoms with van der Waals surface area (Å²) in [6.07, 6.45) is 1.03. The van der Waals surface area contributed by atoms with E-state index in [0.717, 1.165) is 13.0 Å². The number of hydrogen-bond acceptors (Lipinski definition) is 2. The summed E-state index contributed by atoms with van der Waals surface area (Å²) in [6.45, 7) is 7.37. The first-order chi connectivity index (χ1) is 7.70. The Morgan fingerprint density at radius 2 is 2.12 bits per heavy atom. The highest BCUT2D eigenvalue weighted by Gasteiger charge is 2.15. The van der Waals surface area contributed by atoms with E-state index in [-0.39, 0.29) is 11.9 Å². The fourth-order valence-electron chi connectivity index (χ4n) is 1.68. The van der Waals surface area contributed by atoms with Gasteiger partial charge in [-0.1, -0.05) is 13.0 Å². The van der Waals surface area contributed by atoms with Crippen molar-refractivity contribution in [2.75, 3.05) is 13.2 Å². The van der Waals surface area contributed by atoms with Crippen LogP contribution in [0, 0.1) is 5.82 Å². The average molecular weight is 225 g/mol. The monoisotopic (exact) mass is 225 g/mol. The Hall–Kier alpha value is -1.09. The van der Waals surface area contributed by atoms with Crippen molar-refractivity contribution in [1.29, 1.82) is 0 Å². The highest BCUT2D eigenvalue weighted by atomic mass is 19.1. The Balaban J connectivity index is 2.90. The van der Waals surface area contributed by atoms with Gasteiger partial charge in [0, 0.05) is 11.6 Å². The third kappa shape index (κ3) is 3.20. The Morgan fingerprint density at radius 1 is 1.38 bits per heavy atom. The van der Waals surface area contributed by atoms with Gasteiger partial charge in [0.2, 0.25) is 0 Å². The second-order valence-electron chi connectivity index (χ2n) is 3.76. The van der Waals surface area contributed by atoms with E-state index in [0.29, 0.717) is 17.9 Å². The summed E-state index contributed by atoms with van der Waals surface area (Å²) in [5.74, 6) is 0.431. The molecule has 1 N–H and O–H groups in total. The molecular formula is C13H20FNO. The van der Waals surface area contributed by atoms with Gasteiger partial charge in [-0.15, -0.1) is 0 Å². The summed E-state index contributed by atoms with van der Waals surface area (Å²) in [4.78, 5) is 0. The van der Waals surface area contributed by atoms with Crippen LogP contribution in [0.4, 0.5) is 4.39 Å². The lowest BCUT2D eigenvalue weighted by Crippen LogP contribution is -2.21. The molecule has 0 spiro atoms. The summed E-state index contributed by atoms with van der Waals surface area (Å²) in [6, 6.07) is 4.94. The molecule has 2 nitrogen and oxygen atoms in total. The summed E-state index contributed by atoms with van der Waals surface area (Å²) in [7, 11) is 0. The van der Waals surface area contributed by atoms with E-state index in [4.69, 9.17) is 4.74 Å². The van der Waals surface area contributed by atoms with E-state index in [1.54, 1.807) is 6.07 Å². The minimum absolute atomic E-state index is 0.0253. The van der Waals surface area contributed by atoms with Gasteiger partial charge in [-0.25, -0.2) is 4.39 Å². The average Bonchev–Trinajstić information content (AvgIpc) is 2.26. The Morgan fingerprint density at radius 3 is 2.75 bits per heavy atom. The first-order valence-corrected chi connectivity index (χ1v) is 5.85. The summed E-state index contributed by atoms with van der Waals surface area (Å²) in [5, 5.41) is 3.27. The third-order valence-electron chi connectivity index (χ3n) is 2.45. The fourth-order valence-corrected chi connectivity index (χ4v) is 1.68. The van der Waals surface area contributed by atoms with Gasteiger partial charge in [0.1, 0.15) is 11.6 Å². The van der Waals surface area contributed by atoms with Crippen LogP contribution in [0.25, 0.3) is 0 Å². The molecule has 0 aliphatic rings. The standard InChI is InChI=1S/C13H20FNO/c1-4-9-15-10(3)13-11(14)7-6-8-12(13)16-5-2/h6-8,10,15H,4-5,9H2,1-3H3. The zero-order chi connectivity index (χ0) is 12.0. The van der Waals surface area contributed by atoms with Crippen molar-refractivity contribution in [2.45, 2.75) is 33.2 Å². The highest BCUT2D eigenvalue weighted by Crippen LogP contribution is 2.27. The van der Waals surface area contributed by atoms with Gasteiger partial charge in [0.15, 0.2) is 0 Å². The van der Waals surface area contributed by atoms with Gasteiger partial charge in [0.25, 0.3) is 0 Å². The summed E-state index contributed by atoms with van der Waals surface area (Å²) < 4.78 is 19.2. The molecule has 0 radical (unpaired) electrons. The second kappa shape index (κ2) is 6.48. The van der Waals surface area contributed by atoms with Gasteiger partial charge >= 0.3 is 0 Å². The van der Waals surface area contributed by atoms with Crippen molar-refractivity contribution in [1.82, 2.24) is 5.32 Å². The largest absolute Gasteiger partial charge is 0.493 e. The predicted molar refractivity (Wildman–Crippen MR) is 64.3 cm³/mol. The van der Waals surface area contributed by atoms with Crippen molar-refractivity contribution in [3.05, 3.63) is 29.6 Å². The van der Waals surface area contributed by atoms with Gasteiger partial charge < -0.3 is 10.1 Å². The Labute approximate surface area is 96.8 Å². The number of hydrogen-bond donors (Lipinski definition) is 1. The number of halogens is 1. The molecule has 90 valence electrons. The lowest BCUT2D eigenvalue weighted by Gasteiger charge is -2.18. The number of nitrogens with one attached hydrogen (secondary N) is 1. The molecule has 0 fully saturated rings. The molecule has 1 atom stereocenters. The van der Waals surface area contributed by atoms with Crippen molar-refractivity contribution < 1.29 is 9.13 Å². The molecule has 1 aromatic rings. The van der Waals surface area contributed by atoms with Gasteiger partial charge in [-0.3, -0.25) is 0 Å². The second-order valence-corrected chi connectivity index (χ2v) is 3.76. The van der Waals surface area contributed by atoms with Crippen LogP contribution in [-0.2, 0) is 0 Å². The number of benzene rings is 1. The third-order valence-corrected chi connectivity index (χ3v) is 2.45. The van der Waals surface area contributed by atoms with Crippen LogP contribution < -0.4 is 10.1 Å². The van der Waals surface area contributed by atoms with Crippen LogP contribution in [0.15, 0.2) is 18.2 Å². The van der Waals surface area contributed by atoms with E-state index < -0.39 is 0 Å². The molecule has 16 heavy (non-hydrogen) atoms. The summed E-state index contributed by atoms with van der Waals surface area (Å²) >= 11 is 0. The molecule has 1 rings (SSSR count). The van der Waals surface area contributed by atoms with Crippen LogP contribution in [0.2, 0.25) is 0 Å². The smallest absolute Gasteiger partial charge is 0.131 e. The molecule has 3 heteroatoms.